The molecule has 27 heavy (non-hydrogen) atoms. The maximum atomic E-state index is 12.1. The number of rotatable bonds is 6. The van der Waals surface area contributed by atoms with Crippen molar-refractivity contribution in [3.63, 3.8) is 0 Å². The number of hydrogen-bond donors (Lipinski definition) is 1. The van der Waals surface area contributed by atoms with Gasteiger partial charge in [0, 0.05) is 10.6 Å². The van der Waals surface area contributed by atoms with E-state index in [1.54, 1.807) is 30.5 Å². The van der Waals surface area contributed by atoms with Crippen LogP contribution in [0.5, 0.6) is 5.75 Å². The van der Waals surface area contributed by atoms with E-state index in [-0.39, 0.29) is 5.91 Å². The van der Waals surface area contributed by atoms with Crippen LogP contribution in [0, 0.1) is 6.92 Å². The molecule has 0 saturated heterocycles. The van der Waals surface area contributed by atoms with Crippen molar-refractivity contribution >= 4 is 23.7 Å². The summed E-state index contributed by atoms with van der Waals surface area (Å²) in [7, 11) is 0. The molecule has 0 radical (unpaired) electrons. The largest absolute Gasteiger partial charge is 0.489 e. The number of carbonyl (C=O) groups is 1. The summed E-state index contributed by atoms with van der Waals surface area (Å²) in [4.78, 5) is 12.1. The maximum Gasteiger partial charge on any atom is 0.271 e. The van der Waals surface area contributed by atoms with E-state index < -0.39 is 0 Å². The molecule has 0 fully saturated rings. The molecule has 3 aromatic carbocycles. The molecule has 1 N–H and O–H groups in total. The summed E-state index contributed by atoms with van der Waals surface area (Å²) in [6.07, 6.45) is 1.61. The minimum atomic E-state index is -0.275. The van der Waals surface area contributed by atoms with Gasteiger partial charge in [0.25, 0.3) is 5.91 Å². The predicted octanol–water partition coefficient (Wildman–Crippen LogP) is 4.99. The van der Waals surface area contributed by atoms with Gasteiger partial charge in [-0.05, 0) is 54.4 Å². The molecule has 0 heterocycles. The summed E-state index contributed by atoms with van der Waals surface area (Å²) in [5.41, 5.74) is 6.15. The molecule has 0 aliphatic rings. The summed E-state index contributed by atoms with van der Waals surface area (Å²) < 4.78 is 5.71. The zero-order chi connectivity index (χ0) is 19.1. The molecule has 0 aliphatic heterocycles. The van der Waals surface area contributed by atoms with Gasteiger partial charge < -0.3 is 4.74 Å². The molecule has 1 amide bonds. The number of carbonyl (C=O) groups excluding carboxylic acids is 1. The van der Waals surface area contributed by atoms with Crippen LogP contribution < -0.4 is 10.2 Å². The third-order valence-corrected chi connectivity index (χ3v) is 4.14. The van der Waals surface area contributed by atoms with Gasteiger partial charge in [0.15, 0.2) is 0 Å². The second-order valence-corrected chi connectivity index (χ2v) is 6.49. The second-order valence-electron chi connectivity index (χ2n) is 6.05. The molecule has 0 bridgehead atoms. The normalized spacial score (nSPS) is 10.7. The highest BCUT2D eigenvalue weighted by atomic mass is 35.5. The number of aryl methyl sites for hydroxylation is 1. The summed E-state index contributed by atoms with van der Waals surface area (Å²) in [6.45, 7) is 2.45. The maximum absolute atomic E-state index is 12.1. The lowest BCUT2D eigenvalue weighted by molar-refractivity contribution is 0.0955. The smallest absolute Gasteiger partial charge is 0.271 e. The highest BCUT2D eigenvalue weighted by Crippen LogP contribution is 2.15. The van der Waals surface area contributed by atoms with Gasteiger partial charge in [0.05, 0.1) is 6.21 Å². The van der Waals surface area contributed by atoms with E-state index in [1.807, 2.05) is 55.5 Å². The van der Waals surface area contributed by atoms with Gasteiger partial charge in [-0.25, -0.2) is 5.43 Å². The SMILES string of the molecule is Cc1ccc(/C=N\NC(=O)c2ccc(OCc3ccc(Cl)cc3)cc2)cc1. The first-order valence-corrected chi connectivity index (χ1v) is 8.85. The number of nitrogens with zero attached hydrogens (tertiary/aromatic N) is 1. The molecule has 0 saturated carbocycles. The van der Waals surface area contributed by atoms with Gasteiger partial charge in [0.1, 0.15) is 12.4 Å². The fraction of sp³-hybridized carbons (Fsp3) is 0.0909. The third kappa shape index (κ3) is 5.69. The lowest BCUT2D eigenvalue weighted by Gasteiger charge is -2.07. The number of hydrazone groups is 1. The molecular weight excluding hydrogens is 360 g/mol. The van der Waals surface area contributed by atoms with Crippen LogP contribution in [0.1, 0.15) is 27.0 Å². The fourth-order valence-electron chi connectivity index (χ4n) is 2.33. The molecule has 0 aromatic heterocycles. The Labute approximate surface area is 163 Å². The molecule has 0 aliphatic carbocycles. The number of benzene rings is 3. The zero-order valence-electron chi connectivity index (χ0n) is 14.9. The summed E-state index contributed by atoms with van der Waals surface area (Å²) in [6, 6.07) is 22.3. The van der Waals surface area contributed by atoms with Crippen LogP contribution in [0.2, 0.25) is 5.02 Å². The van der Waals surface area contributed by atoms with Gasteiger partial charge in [-0.1, -0.05) is 53.6 Å². The van der Waals surface area contributed by atoms with E-state index in [0.29, 0.717) is 22.9 Å². The van der Waals surface area contributed by atoms with Crippen molar-refractivity contribution in [3.05, 3.63) is 100 Å². The Morgan fingerprint density at radius 2 is 1.67 bits per heavy atom. The van der Waals surface area contributed by atoms with Gasteiger partial charge in [-0.2, -0.15) is 5.10 Å². The zero-order valence-corrected chi connectivity index (χ0v) is 15.6. The van der Waals surface area contributed by atoms with Crippen molar-refractivity contribution in [2.24, 2.45) is 5.10 Å². The average Bonchev–Trinajstić information content (AvgIpc) is 2.69. The molecule has 3 aromatic rings. The van der Waals surface area contributed by atoms with E-state index in [2.05, 4.69) is 10.5 Å². The molecule has 0 atom stereocenters. The third-order valence-electron chi connectivity index (χ3n) is 3.89. The minimum absolute atomic E-state index is 0.275. The molecular formula is C22H19ClN2O2. The highest BCUT2D eigenvalue weighted by Gasteiger charge is 2.04. The van der Waals surface area contributed by atoms with Crippen LogP contribution in [0.3, 0.4) is 0 Å². The Balaban J connectivity index is 1.52. The average molecular weight is 379 g/mol. The fourth-order valence-corrected chi connectivity index (χ4v) is 2.46. The summed E-state index contributed by atoms with van der Waals surface area (Å²) in [5, 5.41) is 4.68. The Morgan fingerprint density at radius 1 is 1.00 bits per heavy atom. The Hall–Kier alpha value is -3.11. The first-order chi connectivity index (χ1) is 13.1. The van der Waals surface area contributed by atoms with E-state index in [9.17, 15) is 4.79 Å². The second kappa shape index (κ2) is 9.01. The number of ether oxygens (including phenoxy) is 1. The molecule has 4 nitrogen and oxygen atoms in total. The predicted molar refractivity (Wildman–Crippen MR) is 108 cm³/mol. The van der Waals surface area contributed by atoms with E-state index in [0.717, 1.165) is 11.1 Å². The molecule has 0 unspecified atom stereocenters. The highest BCUT2D eigenvalue weighted by molar-refractivity contribution is 6.30. The van der Waals surface area contributed by atoms with Crippen LogP contribution >= 0.6 is 11.6 Å². The van der Waals surface area contributed by atoms with Crippen molar-refractivity contribution in [1.29, 1.82) is 0 Å². The Kier molecular flexibility index (Phi) is 6.23. The van der Waals surface area contributed by atoms with E-state index in [1.165, 1.54) is 5.56 Å². The van der Waals surface area contributed by atoms with E-state index >= 15 is 0 Å². The Morgan fingerprint density at radius 3 is 2.33 bits per heavy atom. The number of amides is 1. The van der Waals surface area contributed by atoms with Gasteiger partial charge in [-0.3, -0.25) is 4.79 Å². The quantitative estimate of drug-likeness (QED) is 0.485. The molecule has 5 heteroatoms. The van der Waals surface area contributed by atoms with Gasteiger partial charge in [-0.15, -0.1) is 0 Å². The van der Waals surface area contributed by atoms with Gasteiger partial charge >= 0.3 is 0 Å². The van der Waals surface area contributed by atoms with Crippen LogP contribution in [-0.2, 0) is 6.61 Å². The van der Waals surface area contributed by atoms with Crippen LogP contribution in [-0.4, -0.2) is 12.1 Å². The van der Waals surface area contributed by atoms with Crippen molar-refractivity contribution < 1.29 is 9.53 Å². The van der Waals surface area contributed by atoms with Gasteiger partial charge in [0.2, 0.25) is 0 Å². The molecule has 3 rings (SSSR count). The van der Waals surface area contributed by atoms with Crippen LogP contribution in [0.4, 0.5) is 0 Å². The molecule has 136 valence electrons. The summed E-state index contributed by atoms with van der Waals surface area (Å²) >= 11 is 5.86. The van der Waals surface area contributed by atoms with Crippen molar-refractivity contribution in [2.75, 3.05) is 0 Å². The van der Waals surface area contributed by atoms with Crippen molar-refractivity contribution in [2.45, 2.75) is 13.5 Å². The standard InChI is InChI=1S/C22H19ClN2O2/c1-16-2-4-17(5-3-16)14-24-25-22(26)19-8-12-21(13-9-19)27-15-18-6-10-20(23)11-7-18/h2-14H,15H2,1H3,(H,25,26)/b24-14-. The van der Waals surface area contributed by atoms with Crippen LogP contribution in [0.15, 0.2) is 77.9 Å². The lowest BCUT2D eigenvalue weighted by Crippen LogP contribution is -2.17. The minimum Gasteiger partial charge on any atom is -0.489 e. The number of halogens is 1. The lowest BCUT2D eigenvalue weighted by atomic mass is 10.2. The first kappa shape index (κ1) is 18.7. The monoisotopic (exact) mass is 378 g/mol. The number of nitrogens with one attached hydrogen (secondary N) is 1. The topological polar surface area (TPSA) is 50.7 Å². The van der Waals surface area contributed by atoms with Crippen LogP contribution in [0.25, 0.3) is 0 Å². The van der Waals surface area contributed by atoms with Crippen molar-refractivity contribution in [3.8, 4) is 5.75 Å². The first-order valence-electron chi connectivity index (χ1n) is 8.47. The van der Waals surface area contributed by atoms with E-state index in [4.69, 9.17) is 16.3 Å². The molecule has 0 spiro atoms. The Bertz CT molecular complexity index is 918. The number of hydrogen-bond acceptors (Lipinski definition) is 3. The summed E-state index contributed by atoms with van der Waals surface area (Å²) in [5.74, 6) is 0.410. The van der Waals surface area contributed by atoms with Crippen molar-refractivity contribution in [1.82, 2.24) is 5.43 Å².